The van der Waals surface area contributed by atoms with Gasteiger partial charge in [-0.15, -0.1) is 11.8 Å². The van der Waals surface area contributed by atoms with Crippen molar-refractivity contribution in [1.29, 1.82) is 0 Å². The van der Waals surface area contributed by atoms with Crippen molar-refractivity contribution >= 4 is 11.8 Å². The third-order valence-electron chi connectivity index (χ3n) is 2.27. The van der Waals surface area contributed by atoms with Crippen LogP contribution in [0.3, 0.4) is 0 Å². The first-order valence-corrected chi connectivity index (χ1v) is 6.11. The van der Waals surface area contributed by atoms with Crippen LogP contribution >= 0.6 is 11.8 Å². The third-order valence-corrected chi connectivity index (χ3v) is 3.40. The Morgan fingerprint density at radius 2 is 2.13 bits per heavy atom. The number of hydrogen-bond acceptors (Lipinski definition) is 3. The molecule has 80 valence electrons. The first kappa shape index (κ1) is 10.6. The van der Waals surface area contributed by atoms with Crippen LogP contribution in [-0.4, -0.2) is 18.4 Å². The van der Waals surface area contributed by atoms with Crippen LogP contribution in [0.15, 0.2) is 47.1 Å². The van der Waals surface area contributed by atoms with E-state index < -0.39 is 0 Å². The zero-order valence-electron chi connectivity index (χ0n) is 8.56. The largest absolute Gasteiger partial charge is 0.496 e. The summed E-state index contributed by atoms with van der Waals surface area (Å²) < 4.78 is 5.43. The molecule has 2 rings (SSSR count). The minimum atomic E-state index is 0.0257. The Labute approximate surface area is 94.5 Å². The van der Waals surface area contributed by atoms with Gasteiger partial charge >= 0.3 is 0 Å². The fraction of sp³-hybridized carbons (Fsp3) is 0.333. The summed E-state index contributed by atoms with van der Waals surface area (Å²) in [5.41, 5.74) is 6.01. The molecule has 1 aliphatic heterocycles. The normalized spacial score (nSPS) is 17.0. The van der Waals surface area contributed by atoms with Crippen molar-refractivity contribution in [3.05, 3.63) is 42.2 Å². The number of hydrogen-bond donors (Lipinski definition) is 1. The van der Waals surface area contributed by atoms with Crippen molar-refractivity contribution in [2.24, 2.45) is 5.73 Å². The Hall–Kier alpha value is -0.930. The minimum Gasteiger partial charge on any atom is -0.496 e. The van der Waals surface area contributed by atoms with E-state index in [2.05, 4.69) is 18.2 Å². The van der Waals surface area contributed by atoms with Crippen LogP contribution in [0.4, 0.5) is 0 Å². The maximum atomic E-state index is 6.01. The summed E-state index contributed by atoms with van der Waals surface area (Å²) in [7, 11) is 0. The van der Waals surface area contributed by atoms with Crippen molar-refractivity contribution in [2.75, 3.05) is 12.4 Å². The molecule has 0 fully saturated rings. The Morgan fingerprint density at radius 3 is 2.80 bits per heavy atom. The van der Waals surface area contributed by atoms with E-state index in [4.69, 9.17) is 10.5 Å². The number of thioether (sulfide) groups is 1. The van der Waals surface area contributed by atoms with Crippen LogP contribution in [0.2, 0.25) is 0 Å². The van der Waals surface area contributed by atoms with Crippen LogP contribution in [0.25, 0.3) is 0 Å². The van der Waals surface area contributed by atoms with Crippen LogP contribution in [-0.2, 0) is 4.74 Å². The fourth-order valence-electron chi connectivity index (χ4n) is 1.48. The topological polar surface area (TPSA) is 35.2 Å². The maximum Gasteiger partial charge on any atom is 0.110 e. The lowest BCUT2D eigenvalue weighted by Crippen LogP contribution is -2.25. The summed E-state index contributed by atoms with van der Waals surface area (Å²) in [4.78, 5) is 1.26. The molecule has 0 bridgehead atoms. The number of benzene rings is 1. The molecule has 0 spiro atoms. The van der Waals surface area contributed by atoms with E-state index in [9.17, 15) is 0 Å². The SMILES string of the molecule is NC(CSc1ccccc1)C1=CCCO1. The second-order valence-corrected chi connectivity index (χ2v) is 4.57. The molecule has 1 heterocycles. The Kier molecular flexibility index (Phi) is 3.69. The van der Waals surface area contributed by atoms with Gasteiger partial charge in [0.25, 0.3) is 0 Å². The van der Waals surface area contributed by atoms with Crippen molar-refractivity contribution in [1.82, 2.24) is 0 Å². The fourth-order valence-corrected chi connectivity index (χ4v) is 2.37. The van der Waals surface area contributed by atoms with E-state index in [1.807, 2.05) is 18.2 Å². The summed E-state index contributed by atoms with van der Waals surface area (Å²) in [5.74, 6) is 1.83. The second-order valence-electron chi connectivity index (χ2n) is 3.47. The van der Waals surface area contributed by atoms with E-state index in [0.29, 0.717) is 0 Å². The molecule has 1 aliphatic rings. The van der Waals surface area contributed by atoms with Gasteiger partial charge in [-0.1, -0.05) is 18.2 Å². The highest BCUT2D eigenvalue weighted by atomic mass is 32.2. The predicted octanol–water partition coefficient (Wildman–Crippen LogP) is 2.41. The summed E-state index contributed by atoms with van der Waals surface area (Å²) in [6, 6.07) is 10.3. The average Bonchev–Trinajstić information content (AvgIpc) is 2.81. The molecule has 15 heavy (non-hydrogen) atoms. The average molecular weight is 221 g/mol. The smallest absolute Gasteiger partial charge is 0.110 e. The molecule has 0 amide bonds. The summed E-state index contributed by atoms with van der Waals surface area (Å²) >= 11 is 1.77. The molecule has 2 N–H and O–H groups in total. The Bertz CT molecular complexity index is 337. The minimum absolute atomic E-state index is 0.0257. The zero-order valence-corrected chi connectivity index (χ0v) is 9.37. The van der Waals surface area contributed by atoms with Gasteiger partial charge in [-0.3, -0.25) is 0 Å². The molecule has 3 heteroatoms. The number of rotatable bonds is 4. The Balaban J connectivity index is 1.83. The zero-order chi connectivity index (χ0) is 10.5. The summed E-state index contributed by atoms with van der Waals surface area (Å²) in [5, 5.41) is 0. The molecule has 0 aromatic heterocycles. The van der Waals surface area contributed by atoms with Gasteiger partial charge in [0.15, 0.2) is 0 Å². The molecule has 0 aliphatic carbocycles. The molecule has 1 atom stereocenters. The first-order valence-electron chi connectivity index (χ1n) is 5.12. The first-order chi connectivity index (χ1) is 7.36. The van der Waals surface area contributed by atoms with Gasteiger partial charge in [0.1, 0.15) is 5.76 Å². The van der Waals surface area contributed by atoms with Crippen molar-refractivity contribution < 1.29 is 4.74 Å². The molecular weight excluding hydrogens is 206 g/mol. The molecular formula is C12H15NOS. The molecule has 1 aromatic carbocycles. The monoisotopic (exact) mass is 221 g/mol. The van der Waals surface area contributed by atoms with E-state index in [0.717, 1.165) is 24.5 Å². The van der Waals surface area contributed by atoms with E-state index in [-0.39, 0.29) is 6.04 Å². The van der Waals surface area contributed by atoms with Gasteiger partial charge in [-0.05, 0) is 18.2 Å². The van der Waals surface area contributed by atoms with Gasteiger partial charge < -0.3 is 10.5 Å². The Morgan fingerprint density at radius 1 is 1.33 bits per heavy atom. The lowest BCUT2D eigenvalue weighted by atomic mass is 10.3. The molecule has 1 unspecified atom stereocenters. The summed E-state index contributed by atoms with van der Waals surface area (Å²) in [6.07, 6.45) is 3.09. The lowest BCUT2D eigenvalue weighted by Gasteiger charge is -2.12. The van der Waals surface area contributed by atoms with E-state index in [1.165, 1.54) is 4.90 Å². The van der Waals surface area contributed by atoms with Crippen LogP contribution in [0.1, 0.15) is 6.42 Å². The molecule has 0 saturated heterocycles. The van der Waals surface area contributed by atoms with Crippen molar-refractivity contribution in [2.45, 2.75) is 17.4 Å². The number of nitrogens with two attached hydrogens (primary N) is 1. The van der Waals surface area contributed by atoms with Gasteiger partial charge in [-0.2, -0.15) is 0 Å². The molecule has 0 radical (unpaired) electrons. The standard InChI is InChI=1S/C12H15NOS/c13-11(12-7-4-8-14-12)9-15-10-5-2-1-3-6-10/h1-3,5-7,11H,4,8-9,13H2. The maximum absolute atomic E-state index is 6.01. The number of ether oxygens (including phenoxy) is 1. The molecule has 1 aromatic rings. The van der Waals surface area contributed by atoms with Crippen LogP contribution < -0.4 is 5.73 Å². The van der Waals surface area contributed by atoms with Gasteiger partial charge in [0.2, 0.25) is 0 Å². The highest BCUT2D eigenvalue weighted by molar-refractivity contribution is 7.99. The van der Waals surface area contributed by atoms with Gasteiger partial charge in [-0.25, -0.2) is 0 Å². The highest BCUT2D eigenvalue weighted by Crippen LogP contribution is 2.21. The quantitative estimate of drug-likeness (QED) is 0.793. The molecule has 2 nitrogen and oxygen atoms in total. The second kappa shape index (κ2) is 5.24. The predicted molar refractivity (Wildman–Crippen MR) is 63.8 cm³/mol. The van der Waals surface area contributed by atoms with Gasteiger partial charge in [0.05, 0.1) is 12.6 Å². The highest BCUT2D eigenvalue weighted by Gasteiger charge is 2.14. The van der Waals surface area contributed by atoms with Crippen LogP contribution in [0.5, 0.6) is 0 Å². The van der Waals surface area contributed by atoms with E-state index in [1.54, 1.807) is 11.8 Å². The summed E-state index contributed by atoms with van der Waals surface area (Å²) in [6.45, 7) is 0.791. The van der Waals surface area contributed by atoms with Gasteiger partial charge in [0, 0.05) is 17.1 Å². The van der Waals surface area contributed by atoms with Crippen LogP contribution in [0, 0.1) is 0 Å². The third kappa shape index (κ3) is 3.01. The van der Waals surface area contributed by atoms with Crippen molar-refractivity contribution in [3.8, 4) is 0 Å². The van der Waals surface area contributed by atoms with E-state index >= 15 is 0 Å². The van der Waals surface area contributed by atoms with Crippen molar-refractivity contribution in [3.63, 3.8) is 0 Å². The molecule has 0 saturated carbocycles. The lowest BCUT2D eigenvalue weighted by molar-refractivity contribution is 0.228.